The van der Waals surface area contributed by atoms with E-state index in [1.54, 1.807) is 7.11 Å². The largest absolute Gasteiger partial charge is 0.480 e. The number of nitrogens with one attached hydrogen (secondary N) is 2. The van der Waals surface area contributed by atoms with Gasteiger partial charge in [-0.1, -0.05) is 0 Å². The number of hydrogen-bond donors (Lipinski definition) is 2. The molecule has 2 atom stereocenters. The molecule has 2 aliphatic carbocycles. The summed E-state index contributed by atoms with van der Waals surface area (Å²) in [6, 6.07) is 3.79. The number of likely N-dealkylation sites (N-methyl/N-ethyl adjacent to an activating group) is 1. The van der Waals surface area contributed by atoms with E-state index in [-0.39, 0.29) is 17.9 Å². The van der Waals surface area contributed by atoms with E-state index in [0.29, 0.717) is 34.7 Å². The van der Waals surface area contributed by atoms with Crippen LogP contribution in [0.15, 0.2) is 24.7 Å². The zero-order valence-electron chi connectivity index (χ0n) is 20.2. The van der Waals surface area contributed by atoms with Crippen LogP contribution < -0.4 is 14.8 Å². The van der Waals surface area contributed by atoms with Crippen LogP contribution in [0.3, 0.4) is 0 Å². The average Bonchev–Trinajstić information content (AvgIpc) is 3.79. The number of ether oxygens (including phenoxy) is 2. The molecule has 2 saturated carbocycles. The van der Waals surface area contributed by atoms with Crippen molar-refractivity contribution in [2.45, 2.75) is 25.4 Å². The summed E-state index contributed by atoms with van der Waals surface area (Å²) >= 11 is 0. The molecular weight excluding hydrogens is 446 g/mol. The first-order valence-electron chi connectivity index (χ1n) is 12.3. The van der Waals surface area contributed by atoms with Gasteiger partial charge in [-0.15, -0.1) is 0 Å². The number of nitrogens with zero attached hydrogens (tertiary/aromatic N) is 5. The van der Waals surface area contributed by atoms with Gasteiger partial charge in [0.1, 0.15) is 29.5 Å². The molecule has 0 aromatic carbocycles. The summed E-state index contributed by atoms with van der Waals surface area (Å²) in [5.41, 5.74) is 2.23. The van der Waals surface area contributed by atoms with Gasteiger partial charge in [0.15, 0.2) is 0 Å². The maximum atomic E-state index is 12.8. The SMILES string of the molecule is COc1ncnc(OC2CC2)c1-c1c[nH]c2nc(NC(=O)[C@@H]3C[C@H]3CN3CCN(C)CC3)ccc12. The van der Waals surface area contributed by atoms with E-state index in [0.717, 1.165) is 62.9 Å². The lowest BCUT2D eigenvalue weighted by Crippen LogP contribution is -2.45. The van der Waals surface area contributed by atoms with Crippen molar-refractivity contribution in [3.05, 3.63) is 24.7 Å². The van der Waals surface area contributed by atoms with E-state index in [9.17, 15) is 4.79 Å². The minimum Gasteiger partial charge on any atom is -0.480 e. The molecule has 10 heteroatoms. The minimum atomic E-state index is 0.0565. The monoisotopic (exact) mass is 477 g/mol. The van der Waals surface area contributed by atoms with Gasteiger partial charge in [0.2, 0.25) is 17.7 Å². The number of aromatic nitrogens is 4. The quantitative estimate of drug-likeness (QED) is 0.509. The first kappa shape index (κ1) is 22.2. The van der Waals surface area contributed by atoms with Crippen molar-refractivity contribution in [2.75, 3.05) is 52.2 Å². The molecular formula is C25H31N7O3. The Balaban J connectivity index is 1.16. The molecule has 0 bridgehead atoms. The van der Waals surface area contributed by atoms with Crippen molar-refractivity contribution >= 4 is 22.8 Å². The molecule has 3 aromatic rings. The molecule has 0 spiro atoms. The lowest BCUT2D eigenvalue weighted by Gasteiger charge is -2.32. The summed E-state index contributed by atoms with van der Waals surface area (Å²) in [6.45, 7) is 5.37. The maximum Gasteiger partial charge on any atom is 0.228 e. The predicted octanol–water partition coefficient (Wildman–Crippen LogP) is 2.39. The topological polar surface area (TPSA) is 108 Å². The first-order valence-corrected chi connectivity index (χ1v) is 12.3. The van der Waals surface area contributed by atoms with Gasteiger partial charge in [-0.25, -0.2) is 15.0 Å². The second kappa shape index (κ2) is 9.09. The molecule has 1 saturated heterocycles. The van der Waals surface area contributed by atoms with Crippen LogP contribution in [-0.2, 0) is 4.79 Å². The minimum absolute atomic E-state index is 0.0565. The Kier molecular flexibility index (Phi) is 5.77. The van der Waals surface area contributed by atoms with Crippen LogP contribution in [-0.4, -0.2) is 88.6 Å². The number of rotatable bonds is 8. The molecule has 6 rings (SSSR count). The highest BCUT2D eigenvalue weighted by molar-refractivity contribution is 5.99. The Bertz CT molecular complexity index is 1230. The fraction of sp³-hybridized carbons (Fsp3) is 0.520. The van der Waals surface area contributed by atoms with Crippen LogP contribution >= 0.6 is 0 Å². The highest BCUT2D eigenvalue weighted by Gasteiger charge is 2.44. The smallest absolute Gasteiger partial charge is 0.228 e. The number of H-pyrrole nitrogens is 1. The third kappa shape index (κ3) is 4.68. The van der Waals surface area contributed by atoms with E-state index < -0.39 is 0 Å². The zero-order chi connectivity index (χ0) is 23.9. The molecule has 0 unspecified atom stereocenters. The Morgan fingerprint density at radius 1 is 1.17 bits per heavy atom. The summed E-state index contributed by atoms with van der Waals surface area (Å²) in [5, 5.41) is 3.90. The summed E-state index contributed by atoms with van der Waals surface area (Å²) in [5.74, 6) is 2.08. The number of hydrogen-bond acceptors (Lipinski definition) is 8. The second-order valence-electron chi connectivity index (χ2n) is 9.87. The maximum absolute atomic E-state index is 12.8. The van der Waals surface area contributed by atoms with Crippen LogP contribution in [0.2, 0.25) is 0 Å². The molecule has 2 N–H and O–H groups in total. The highest BCUT2D eigenvalue weighted by Crippen LogP contribution is 2.42. The summed E-state index contributed by atoms with van der Waals surface area (Å²) in [6.07, 6.45) is 6.52. The van der Waals surface area contributed by atoms with Gasteiger partial charge in [0, 0.05) is 55.8 Å². The van der Waals surface area contributed by atoms with Crippen molar-refractivity contribution < 1.29 is 14.3 Å². The van der Waals surface area contributed by atoms with Crippen LogP contribution in [0.4, 0.5) is 5.82 Å². The number of anilines is 1. The van der Waals surface area contributed by atoms with E-state index >= 15 is 0 Å². The summed E-state index contributed by atoms with van der Waals surface area (Å²) < 4.78 is 11.5. The zero-order valence-corrected chi connectivity index (χ0v) is 20.2. The fourth-order valence-corrected chi connectivity index (χ4v) is 4.81. The standard InChI is InChI=1S/C25H31N7O3/c1-31-7-9-32(10-8-31)13-15-11-18(15)23(33)30-20-6-5-17-19(12-26-22(17)29-20)21-24(34-2)27-14-28-25(21)35-16-3-4-16/h5-6,12,14-16,18H,3-4,7-11,13H2,1-2H3,(H2,26,29,30,33)/t15-,18+/m0/s1. The van der Waals surface area contributed by atoms with Crippen LogP contribution in [0.5, 0.6) is 11.8 Å². The number of carbonyl (C=O) groups is 1. The van der Waals surface area contributed by atoms with Gasteiger partial charge >= 0.3 is 0 Å². The number of methoxy groups -OCH3 is 1. The van der Waals surface area contributed by atoms with Crippen molar-refractivity contribution in [1.82, 2.24) is 29.7 Å². The predicted molar refractivity (Wildman–Crippen MR) is 131 cm³/mol. The van der Waals surface area contributed by atoms with E-state index in [2.05, 4.69) is 42.1 Å². The van der Waals surface area contributed by atoms with E-state index in [4.69, 9.17) is 9.47 Å². The van der Waals surface area contributed by atoms with Gasteiger partial charge in [-0.05, 0) is 44.4 Å². The lowest BCUT2D eigenvalue weighted by atomic mass is 10.1. The van der Waals surface area contributed by atoms with E-state index in [1.807, 2.05) is 18.3 Å². The third-order valence-electron chi connectivity index (χ3n) is 7.18. The van der Waals surface area contributed by atoms with Crippen LogP contribution in [0, 0.1) is 11.8 Å². The normalized spacial score (nSPS) is 22.8. The summed E-state index contributed by atoms with van der Waals surface area (Å²) in [7, 11) is 3.75. The van der Waals surface area contributed by atoms with Gasteiger partial charge in [0.05, 0.1) is 7.11 Å². The van der Waals surface area contributed by atoms with Gasteiger partial charge in [-0.3, -0.25) is 4.79 Å². The van der Waals surface area contributed by atoms with Crippen LogP contribution in [0.25, 0.3) is 22.2 Å². The number of piperazine rings is 1. The van der Waals surface area contributed by atoms with Gasteiger partial charge < -0.3 is 29.6 Å². The Morgan fingerprint density at radius 3 is 2.74 bits per heavy atom. The van der Waals surface area contributed by atoms with Crippen molar-refractivity contribution in [3.8, 4) is 22.9 Å². The van der Waals surface area contributed by atoms with Crippen molar-refractivity contribution in [1.29, 1.82) is 0 Å². The molecule has 1 amide bonds. The molecule has 1 aliphatic heterocycles. The number of aromatic amines is 1. The molecule has 3 aliphatic rings. The number of pyridine rings is 1. The highest BCUT2D eigenvalue weighted by atomic mass is 16.5. The lowest BCUT2D eigenvalue weighted by molar-refractivity contribution is -0.117. The van der Waals surface area contributed by atoms with Gasteiger partial charge in [-0.2, -0.15) is 0 Å². The molecule has 10 nitrogen and oxygen atoms in total. The van der Waals surface area contributed by atoms with Crippen molar-refractivity contribution in [2.24, 2.45) is 11.8 Å². The number of fused-ring (bicyclic) bond motifs is 1. The third-order valence-corrected chi connectivity index (χ3v) is 7.18. The molecule has 35 heavy (non-hydrogen) atoms. The Labute approximate surface area is 204 Å². The van der Waals surface area contributed by atoms with Crippen molar-refractivity contribution in [3.63, 3.8) is 0 Å². The molecule has 4 heterocycles. The second-order valence-corrected chi connectivity index (χ2v) is 9.87. The number of amides is 1. The first-order chi connectivity index (χ1) is 17.1. The molecule has 0 radical (unpaired) electrons. The fourth-order valence-electron chi connectivity index (χ4n) is 4.81. The summed E-state index contributed by atoms with van der Waals surface area (Å²) in [4.78, 5) is 34.2. The molecule has 184 valence electrons. The van der Waals surface area contributed by atoms with E-state index in [1.165, 1.54) is 6.33 Å². The molecule has 3 aromatic heterocycles. The Hall–Kier alpha value is -3.24. The Morgan fingerprint density at radius 2 is 1.97 bits per heavy atom. The number of carbonyl (C=O) groups excluding carboxylic acids is 1. The van der Waals surface area contributed by atoms with Crippen LogP contribution in [0.1, 0.15) is 19.3 Å². The molecule has 3 fully saturated rings. The van der Waals surface area contributed by atoms with Gasteiger partial charge in [0.25, 0.3) is 0 Å². The average molecular weight is 478 g/mol.